The van der Waals surface area contributed by atoms with Gasteiger partial charge in [-0.05, 0) is 55.8 Å². The van der Waals surface area contributed by atoms with E-state index < -0.39 is 5.60 Å². The third-order valence-electron chi connectivity index (χ3n) is 2.90. The Hall–Kier alpha value is -1.06. The lowest BCUT2D eigenvalue weighted by Crippen LogP contribution is -2.39. The molecule has 0 bridgehead atoms. The molecule has 0 saturated carbocycles. The second-order valence-corrected chi connectivity index (χ2v) is 5.64. The maximum absolute atomic E-state index is 9.86. The number of benzene rings is 1. The van der Waals surface area contributed by atoms with Gasteiger partial charge in [-0.1, -0.05) is 0 Å². The van der Waals surface area contributed by atoms with Crippen molar-refractivity contribution < 1.29 is 5.11 Å². The minimum absolute atomic E-state index is 0.0172. The number of thiophene rings is 1. The molecule has 0 radical (unpaired) electrons. The summed E-state index contributed by atoms with van der Waals surface area (Å²) in [6.45, 7) is 5.61. The van der Waals surface area contributed by atoms with Gasteiger partial charge in [0.15, 0.2) is 0 Å². The second-order valence-electron chi connectivity index (χ2n) is 4.69. The van der Waals surface area contributed by atoms with Crippen molar-refractivity contribution in [2.45, 2.75) is 32.4 Å². The number of aliphatic hydroxyl groups is 1. The average Bonchev–Trinajstić information content (AvgIpc) is 2.63. The Bertz CT molecular complexity index is 484. The van der Waals surface area contributed by atoms with Gasteiger partial charge in [0.2, 0.25) is 0 Å². The van der Waals surface area contributed by atoms with Gasteiger partial charge in [-0.25, -0.2) is 0 Å². The predicted octanol–water partition coefficient (Wildman–Crippen LogP) is 3.47. The fraction of sp³-hybridized carbons (Fsp3) is 0.385. The maximum Gasteiger partial charge on any atom is 0.0789 e. The van der Waals surface area contributed by atoms with Crippen LogP contribution < -0.4 is 5.32 Å². The van der Waals surface area contributed by atoms with E-state index in [1.54, 1.807) is 11.3 Å². The van der Waals surface area contributed by atoms with Crippen LogP contribution >= 0.6 is 11.3 Å². The first-order valence-electron chi connectivity index (χ1n) is 5.43. The van der Waals surface area contributed by atoms with E-state index in [4.69, 9.17) is 0 Å². The molecule has 0 aliphatic heterocycles. The fourth-order valence-electron chi connectivity index (χ4n) is 1.48. The molecule has 0 amide bonds. The molecule has 86 valence electrons. The zero-order valence-corrected chi connectivity index (χ0v) is 10.6. The minimum atomic E-state index is -0.719. The fourth-order valence-corrected chi connectivity index (χ4v) is 2.25. The lowest BCUT2D eigenvalue weighted by Gasteiger charge is -2.27. The summed E-state index contributed by atoms with van der Waals surface area (Å²) in [4.78, 5) is 0. The number of hydrogen-bond acceptors (Lipinski definition) is 3. The summed E-state index contributed by atoms with van der Waals surface area (Å²) in [7, 11) is 0. The van der Waals surface area contributed by atoms with Crippen LogP contribution in [0.15, 0.2) is 29.6 Å². The van der Waals surface area contributed by atoms with Crippen molar-refractivity contribution >= 4 is 27.1 Å². The van der Waals surface area contributed by atoms with E-state index in [1.165, 1.54) is 10.1 Å². The first kappa shape index (κ1) is 11.4. The Kier molecular flexibility index (Phi) is 2.91. The second kappa shape index (κ2) is 4.07. The van der Waals surface area contributed by atoms with E-state index in [0.717, 1.165) is 5.69 Å². The van der Waals surface area contributed by atoms with Gasteiger partial charge in [-0.15, -0.1) is 11.3 Å². The van der Waals surface area contributed by atoms with E-state index >= 15 is 0 Å². The van der Waals surface area contributed by atoms with Gasteiger partial charge in [-0.2, -0.15) is 0 Å². The van der Waals surface area contributed by atoms with Gasteiger partial charge >= 0.3 is 0 Å². The van der Waals surface area contributed by atoms with Crippen LogP contribution in [0.5, 0.6) is 0 Å². The smallest absolute Gasteiger partial charge is 0.0789 e. The lowest BCUT2D eigenvalue weighted by atomic mass is 10.0. The zero-order valence-electron chi connectivity index (χ0n) is 9.82. The van der Waals surface area contributed by atoms with E-state index in [0.29, 0.717) is 0 Å². The van der Waals surface area contributed by atoms with Gasteiger partial charge in [0.05, 0.1) is 11.6 Å². The molecule has 2 rings (SSSR count). The van der Waals surface area contributed by atoms with Gasteiger partial charge < -0.3 is 10.4 Å². The van der Waals surface area contributed by atoms with Crippen molar-refractivity contribution in [3.05, 3.63) is 29.6 Å². The Morgan fingerprint density at radius 1 is 1.31 bits per heavy atom. The van der Waals surface area contributed by atoms with Crippen molar-refractivity contribution in [2.75, 3.05) is 5.32 Å². The summed E-state index contributed by atoms with van der Waals surface area (Å²) in [5.41, 5.74) is 0.337. The van der Waals surface area contributed by atoms with Crippen molar-refractivity contribution in [1.29, 1.82) is 0 Å². The van der Waals surface area contributed by atoms with Crippen molar-refractivity contribution in [3.63, 3.8) is 0 Å². The molecule has 1 aromatic carbocycles. The molecule has 2 aromatic rings. The molecule has 1 aromatic heterocycles. The van der Waals surface area contributed by atoms with Crippen LogP contribution in [0.4, 0.5) is 5.69 Å². The molecular formula is C13H17NOS. The normalized spacial score (nSPS) is 14.0. The molecule has 0 aliphatic carbocycles. The molecule has 1 atom stereocenters. The number of fused-ring (bicyclic) bond motifs is 1. The standard InChI is InChI=1S/C13H17NOS/c1-9(13(2,3)15)14-11-4-5-12-10(8-11)6-7-16-12/h4-9,14-15H,1-3H3. The minimum Gasteiger partial charge on any atom is -0.388 e. The van der Waals surface area contributed by atoms with Gasteiger partial charge in [-0.3, -0.25) is 0 Å². The highest BCUT2D eigenvalue weighted by Crippen LogP contribution is 2.25. The quantitative estimate of drug-likeness (QED) is 0.853. The van der Waals surface area contributed by atoms with Crippen LogP contribution in [0.25, 0.3) is 10.1 Å². The summed E-state index contributed by atoms with van der Waals surface area (Å²) in [5, 5.41) is 16.5. The monoisotopic (exact) mass is 235 g/mol. The highest BCUT2D eigenvalue weighted by molar-refractivity contribution is 7.17. The molecule has 3 heteroatoms. The topological polar surface area (TPSA) is 32.3 Å². The number of nitrogens with one attached hydrogen (secondary N) is 1. The van der Waals surface area contributed by atoms with Crippen LogP contribution in [0.1, 0.15) is 20.8 Å². The Morgan fingerprint density at radius 3 is 2.75 bits per heavy atom. The predicted molar refractivity (Wildman–Crippen MR) is 71.2 cm³/mol. The third kappa shape index (κ3) is 2.36. The summed E-state index contributed by atoms with van der Waals surface area (Å²) < 4.78 is 1.29. The summed E-state index contributed by atoms with van der Waals surface area (Å²) in [6.07, 6.45) is 0. The van der Waals surface area contributed by atoms with Crippen molar-refractivity contribution in [1.82, 2.24) is 0 Å². The largest absolute Gasteiger partial charge is 0.388 e. The van der Waals surface area contributed by atoms with E-state index in [9.17, 15) is 5.11 Å². The van der Waals surface area contributed by atoms with Crippen LogP contribution in [-0.2, 0) is 0 Å². The van der Waals surface area contributed by atoms with Crippen LogP contribution in [0.2, 0.25) is 0 Å². The molecule has 1 unspecified atom stereocenters. The van der Waals surface area contributed by atoms with Crippen LogP contribution in [0.3, 0.4) is 0 Å². The number of anilines is 1. The molecule has 0 spiro atoms. The Balaban J connectivity index is 2.21. The molecule has 0 fully saturated rings. The molecule has 2 N–H and O–H groups in total. The first-order valence-corrected chi connectivity index (χ1v) is 6.31. The highest BCUT2D eigenvalue weighted by atomic mass is 32.1. The summed E-state index contributed by atoms with van der Waals surface area (Å²) >= 11 is 1.74. The summed E-state index contributed by atoms with van der Waals surface area (Å²) in [5.74, 6) is 0. The van der Waals surface area contributed by atoms with Crippen molar-refractivity contribution in [3.8, 4) is 0 Å². The summed E-state index contributed by atoms with van der Waals surface area (Å²) in [6, 6.07) is 8.41. The number of rotatable bonds is 3. The maximum atomic E-state index is 9.86. The Labute approximate surface area is 99.9 Å². The first-order chi connectivity index (χ1) is 7.47. The van der Waals surface area contributed by atoms with Crippen LogP contribution in [0, 0.1) is 0 Å². The van der Waals surface area contributed by atoms with Crippen molar-refractivity contribution in [2.24, 2.45) is 0 Å². The van der Waals surface area contributed by atoms with E-state index in [1.807, 2.05) is 20.8 Å². The SMILES string of the molecule is CC(Nc1ccc2sccc2c1)C(C)(C)O. The van der Waals surface area contributed by atoms with Gasteiger partial charge in [0.1, 0.15) is 0 Å². The average molecular weight is 235 g/mol. The van der Waals surface area contributed by atoms with Crippen LogP contribution in [-0.4, -0.2) is 16.7 Å². The van der Waals surface area contributed by atoms with Gasteiger partial charge in [0.25, 0.3) is 0 Å². The lowest BCUT2D eigenvalue weighted by molar-refractivity contribution is 0.0649. The third-order valence-corrected chi connectivity index (χ3v) is 3.79. The molecule has 1 heterocycles. The zero-order chi connectivity index (χ0) is 11.8. The van der Waals surface area contributed by atoms with Gasteiger partial charge in [0, 0.05) is 10.4 Å². The van der Waals surface area contributed by atoms with E-state index in [2.05, 4.69) is 35.0 Å². The number of hydrogen-bond donors (Lipinski definition) is 2. The highest BCUT2D eigenvalue weighted by Gasteiger charge is 2.21. The molecular weight excluding hydrogens is 218 g/mol. The molecule has 0 aliphatic rings. The van der Waals surface area contributed by atoms with E-state index in [-0.39, 0.29) is 6.04 Å². The molecule has 0 saturated heterocycles. The molecule has 2 nitrogen and oxygen atoms in total. The Morgan fingerprint density at radius 2 is 2.06 bits per heavy atom. The molecule has 16 heavy (non-hydrogen) atoms.